The fraction of sp³-hybridized carbons (Fsp3) is 0.465. The number of nitrogens with one attached hydrogen (secondary N) is 5. The van der Waals surface area contributed by atoms with E-state index in [0.717, 1.165) is 55.7 Å². The lowest BCUT2D eigenvalue weighted by Crippen LogP contribution is -2.39. The van der Waals surface area contributed by atoms with Crippen LogP contribution in [0.3, 0.4) is 0 Å². The lowest BCUT2D eigenvalue weighted by molar-refractivity contribution is -0.144. The molecular formula is C43H56N6O8. The Morgan fingerprint density at radius 1 is 0.737 bits per heavy atom. The molecule has 306 valence electrons. The molecule has 14 heteroatoms. The Morgan fingerprint density at radius 3 is 1.74 bits per heavy atom. The average Bonchev–Trinajstić information content (AvgIpc) is 3.78. The van der Waals surface area contributed by atoms with Gasteiger partial charge in [-0.25, -0.2) is 14.6 Å². The number of amides is 4. The van der Waals surface area contributed by atoms with E-state index in [-0.39, 0.29) is 36.5 Å². The molecule has 2 aromatic rings. The Hall–Kier alpha value is -5.79. The van der Waals surface area contributed by atoms with Crippen molar-refractivity contribution in [1.29, 1.82) is 0 Å². The third-order valence-corrected chi connectivity index (χ3v) is 10.8. The highest BCUT2D eigenvalue weighted by atomic mass is 16.5. The van der Waals surface area contributed by atoms with Crippen molar-refractivity contribution in [3.8, 4) is 0 Å². The van der Waals surface area contributed by atoms with Gasteiger partial charge in [-0.3, -0.25) is 19.2 Å². The summed E-state index contributed by atoms with van der Waals surface area (Å²) in [7, 11) is 2.53. The minimum absolute atomic E-state index is 0.0541. The molecule has 0 aliphatic carbocycles. The van der Waals surface area contributed by atoms with Crippen molar-refractivity contribution in [1.82, 2.24) is 25.9 Å². The van der Waals surface area contributed by atoms with Crippen LogP contribution >= 0.6 is 0 Å². The van der Waals surface area contributed by atoms with E-state index in [9.17, 15) is 28.8 Å². The predicted octanol–water partition coefficient (Wildman–Crippen LogP) is 3.33. The summed E-state index contributed by atoms with van der Waals surface area (Å²) in [5.41, 5.74) is 9.19. The van der Waals surface area contributed by atoms with Crippen LogP contribution in [0, 0.1) is 19.3 Å². The molecule has 0 saturated carbocycles. The fourth-order valence-electron chi connectivity index (χ4n) is 6.98. The highest BCUT2D eigenvalue weighted by molar-refractivity contribution is 6.30. The van der Waals surface area contributed by atoms with Crippen LogP contribution in [-0.4, -0.2) is 77.6 Å². The number of carbonyl (C=O) groups is 6. The summed E-state index contributed by atoms with van der Waals surface area (Å²) in [6.45, 7) is 20.5. The van der Waals surface area contributed by atoms with Crippen molar-refractivity contribution in [2.75, 3.05) is 14.2 Å². The number of hydrogen-bond acceptors (Lipinski definition) is 8. The molecule has 0 radical (unpaired) electrons. The van der Waals surface area contributed by atoms with Crippen molar-refractivity contribution in [2.24, 2.45) is 10.4 Å². The zero-order chi connectivity index (χ0) is 42.7. The van der Waals surface area contributed by atoms with E-state index in [2.05, 4.69) is 51.7 Å². The number of methoxy groups -OCH3 is 2. The van der Waals surface area contributed by atoms with E-state index >= 15 is 0 Å². The van der Waals surface area contributed by atoms with Crippen molar-refractivity contribution >= 4 is 59.0 Å². The number of rotatable bonds is 13. The topological polar surface area (TPSA) is 201 Å². The number of aliphatic imine (C=N–C) groups is 1. The lowest BCUT2D eigenvalue weighted by Gasteiger charge is -2.24. The Balaban J connectivity index is 2.01. The smallest absolute Gasteiger partial charge is 0.328 e. The molecule has 0 spiro atoms. The summed E-state index contributed by atoms with van der Waals surface area (Å²) in [4.78, 5) is 87.3. The van der Waals surface area contributed by atoms with Gasteiger partial charge in [0.25, 0.3) is 11.8 Å². The highest BCUT2D eigenvalue weighted by Gasteiger charge is 2.30. The minimum atomic E-state index is -0.831. The maximum absolute atomic E-state index is 13.2. The molecule has 0 unspecified atom stereocenters. The zero-order valence-electron chi connectivity index (χ0n) is 35.4. The third kappa shape index (κ3) is 9.61. The zero-order valence-corrected chi connectivity index (χ0v) is 35.4. The van der Waals surface area contributed by atoms with Crippen LogP contribution in [0.15, 0.2) is 33.0 Å². The first-order valence-electron chi connectivity index (χ1n) is 19.0. The predicted molar refractivity (Wildman–Crippen MR) is 218 cm³/mol. The quantitative estimate of drug-likeness (QED) is 0.191. The second-order valence-corrected chi connectivity index (χ2v) is 15.7. The summed E-state index contributed by atoms with van der Waals surface area (Å²) < 4.78 is 9.58. The number of carbonyl (C=O) groups excluding carboxylic acids is 6. The molecule has 5 N–H and O–H groups in total. The van der Waals surface area contributed by atoms with Crippen molar-refractivity contribution in [3.63, 3.8) is 0 Å². The summed E-state index contributed by atoms with van der Waals surface area (Å²) in [5, 5.41) is 9.83. The van der Waals surface area contributed by atoms with E-state index in [1.165, 1.54) is 14.2 Å². The average molecular weight is 785 g/mol. The lowest BCUT2D eigenvalue weighted by atomic mass is 9.81. The van der Waals surface area contributed by atoms with Crippen LogP contribution in [0.2, 0.25) is 0 Å². The standard InChI is InChI=1S/C43H56N6O8/c1-20-22(3)39(52)48-30(20)18-32-24(5)28(14-16-34(50)44-26(7)41(54)56-12)37(46-32)36(43(9,10)11)38-29(15-17-35(51)45-27(8)42(55)57-13)25(6)33(47-38)19-31-21(2)23(4)40(53)49-31/h18-19,26-27,46-47H,14-17H2,1-13H3,(H,44,50)(H,45,51)(H,48,52)/b30-18-,33-19+,38-36+/t26-,27-/m0/s1. The first-order valence-corrected chi connectivity index (χ1v) is 19.0. The van der Waals surface area contributed by atoms with Gasteiger partial charge in [0.05, 0.1) is 19.9 Å². The van der Waals surface area contributed by atoms with Crippen LogP contribution in [0.25, 0.3) is 17.7 Å². The monoisotopic (exact) mass is 784 g/mol. The number of ether oxygens (including phenoxy) is 2. The highest BCUT2D eigenvalue weighted by Crippen LogP contribution is 2.37. The van der Waals surface area contributed by atoms with Gasteiger partial charge in [0.2, 0.25) is 11.8 Å². The summed E-state index contributed by atoms with van der Waals surface area (Å²) in [6.07, 6.45) is 4.44. The van der Waals surface area contributed by atoms with Crippen LogP contribution in [0.4, 0.5) is 0 Å². The molecule has 4 rings (SSSR count). The molecule has 2 aliphatic rings. The molecule has 0 bridgehead atoms. The molecule has 4 heterocycles. The SMILES string of the molecule is COC(=O)[C@H](C)NC(=O)CCc1c(/C(=c2\[nH]/c(=C/C3=NC(=O)C(C)=C3C)c(C)c2CCC(=O)N[C@@H](C)C(=O)OC)C(C)(C)C)[nH]c(/C=C2\NC(=O)C(C)=C2C)c1C. The Labute approximate surface area is 333 Å². The van der Waals surface area contributed by atoms with E-state index in [1.54, 1.807) is 27.7 Å². The largest absolute Gasteiger partial charge is 0.467 e. The number of allylic oxidation sites excluding steroid dienone is 2. The third-order valence-electron chi connectivity index (χ3n) is 10.8. The second-order valence-electron chi connectivity index (χ2n) is 15.7. The van der Waals surface area contributed by atoms with Crippen LogP contribution in [0.5, 0.6) is 0 Å². The Morgan fingerprint density at radius 2 is 1.28 bits per heavy atom. The molecular weight excluding hydrogens is 729 g/mol. The van der Waals surface area contributed by atoms with Gasteiger partial charge in [0.15, 0.2) is 0 Å². The van der Waals surface area contributed by atoms with E-state index in [1.807, 2.05) is 39.8 Å². The molecule has 14 nitrogen and oxygen atoms in total. The minimum Gasteiger partial charge on any atom is -0.467 e. The molecule has 2 aromatic heterocycles. The van der Waals surface area contributed by atoms with Crippen molar-refractivity contribution < 1.29 is 38.2 Å². The van der Waals surface area contributed by atoms with Crippen molar-refractivity contribution in [2.45, 2.75) is 114 Å². The molecule has 2 atom stereocenters. The van der Waals surface area contributed by atoms with Crippen LogP contribution in [-0.2, 0) is 51.1 Å². The van der Waals surface area contributed by atoms with Crippen LogP contribution in [0.1, 0.15) is 109 Å². The Kier molecular flexibility index (Phi) is 13.5. The number of H-pyrrole nitrogens is 2. The summed E-state index contributed by atoms with van der Waals surface area (Å²) >= 11 is 0. The van der Waals surface area contributed by atoms with E-state index in [4.69, 9.17) is 9.47 Å². The molecule has 0 saturated heterocycles. The first-order chi connectivity index (χ1) is 26.6. The Bertz CT molecular complexity index is 2290. The fourth-order valence-corrected chi connectivity index (χ4v) is 6.98. The second kappa shape index (κ2) is 17.6. The number of nitrogens with zero attached hydrogens (tertiary/aromatic N) is 1. The van der Waals surface area contributed by atoms with Gasteiger partial charge in [0, 0.05) is 57.3 Å². The number of aromatic nitrogens is 2. The van der Waals surface area contributed by atoms with Gasteiger partial charge in [-0.1, -0.05) is 20.8 Å². The summed E-state index contributed by atoms with van der Waals surface area (Å²) in [6, 6.07) is -1.66. The van der Waals surface area contributed by atoms with Gasteiger partial charge in [0.1, 0.15) is 12.1 Å². The number of esters is 2. The van der Waals surface area contributed by atoms with Gasteiger partial charge in [-0.2, -0.15) is 0 Å². The first kappa shape index (κ1) is 43.9. The molecule has 57 heavy (non-hydrogen) atoms. The number of hydrogen-bond donors (Lipinski definition) is 5. The van der Waals surface area contributed by atoms with Gasteiger partial charge >= 0.3 is 11.9 Å². The number of aromatic amines is 2. The normalized spacial score (nSPS) is 17.2. The molecule has 4 amide bonds. The maximum atomic E-state index is 13.2. The molecule has 0 aromatic carbocycles. The summed E-state index contributed by atoms with van der Waals surface area (Å²) in [5.74, 6) is -2.24. The van der Waals surface area contributed by atoms with Gasteiger partial charge in [-0.15, -0.1) is 0 Å². The molecule has 0 fully saturated rings. The molecule has 2 aliphatic heterocycles. The van der Waals surface area contributed by atoms with E-state index < -0.39 is 29.4 Å². The van der Waals surface area contributed by atoms with Crippen LogP contribution < -0.4 is 26.6 Å². The van der Waals surface area contributed by atoms with E-state index in [0.29, 0.717) is 40.7 Å². The van der Waals surface area contributed by atoms with Crippen molar-refractivity contribution in [3.05, 3.63) is 72.3 Å². The van der Waals surface area contributed by atoms with Gasteiger partial charge in [-0.05, 0) is 119 Å². The van der Waals surface area contributed by atoms with Gasteiger partial charge < -0.3 is 35.4 Å². The maximum Gasteiger partial charge on any atom is 0.328 e.